The summed E-state index contributed by atoms with van der Waals surface area (Å²) in [5.41, 5.74) is -0.340. The van der Waals surface area contributed by atoms with E-state index >= 15 is 0 Å². The van der Waals surface area contributed by atoms with Gasteiger partial charge in [0.25, 0.3) is 11.8 Å². The largest absolute Gasteiger partial charge is 0.369 e. The zero-order valence-corrected chi connectivity index (χ0v) is 17.1. The Morgan fingerprint density at radius 3 is 2.68 bits per heavy atom. The first-order chi connectivity index (χ1) is 13.3. The van der Waals surface area contributed by atoms with Crippen LogP contribution in [0.2, 0.25) is 0 Å². The highest BCUT2D eigenvalue weighted by atomic mass is 16.5. The standard InChI is InChI=1S/C22H29N3O3/c1-22(2,28-4)21(27)25-14-7-9-17(12-15-25)24(3)20(26)19-18-10-6-5-8-16(18)11-13-23-19/h5-6,8,10-11,13,17H,7,9,12,14-15H2,1-4H3/t17-/m0/s1. The number of hydrogen-bond donors (Lipinski definition) is 0. The van der Waals surface area contributed by atoms with Gasteiger partial charge in [0, 0.05) is 44.9 Å². The molecule has 1 aliphatic rings. The van der Waals surface area contributed by atoms with E-state index in [0.29, 0.717) is 18.8 Å². The van der Waals surface area contributed by atoms with E-state index in [9.17, 15) is 9.59 Å². The molecular formula is C22H29N3O3. The summed E-state index contributed by atoms with van der Waals surface area (Å²) in [6, 6.07) is 9.80. The van der Waals surface area contributed by atoms with Crippen LogP contribution in [0.25, 0.3) is 10.8 Å². The Kier molecular flexibility index (Phi) is 5.98. The van der Waals surface area contributed by atoms with E-state index in [4.69, 9.17) is 4.74 Å². The molecule has 0 bridgehead atoms. The maximum Gasteiger partial charge on any atom is 0.273 e. The van der Waals surface area contributed by atoms with Gasteiger partial charge in [0.2, 0.25) is 0 Å². The zero-order chi connectivity index (χ0) is 20.3. The molecule has 0 spiro atoms. The highest BCUT2D eigenvalue weighted by Crippen LogP contribution is 2.23. The molecule has 0 aliphatic carbocycles. The minimum absolute atomic E-state index is 0.000324. The number of benzene rings is 1. The van der Waals surface area contributed by atoms with Crippen molar-refractivity contribution in [1.29, 1.82) is 0 Å². The molecule has 2 aromatic rings. The van der Waals surface area contributed by atoms with E-state index in [1.54, 1.807) is 32.1 Å². The maximum absolute atomic E-state index is 13.2. The molecule has 1 atom stereocenters. The van der Waals surface area contributed by atoms with Crippen molar-refractivity contribution in [3.63, 3.8) is 0 Å². The Bertz CT molecular complexity index is 860. The monoisotopic (exact) mass is 383 g/mol. The molecule has 0 radical (unpaired) electrons. The number of likely N-dealkylation sites (tertiary alicyclic amines) is 1. The van der Waals surface area contributed by atoms with Crippen molar-refractivity contribution in [3.8, 4) is 0 Å². The second kappa shape index (κ2) is 8.27. The molecule has 3 rings (SSSR count). The van der Waals surface area contributed by atoms with E-state index in [2.05, 4.69) is 4.98 Å². The molecule has 2 amide bonds. The summed E-state index contributed by atoms with van der Waals surface area (Å²) in [4.78, 5) is 33.9. The van der Waals surface area contributed by atoms with E-state index in [0.717, 1.165) is 30.0 Å². The summed E-state index contributed by atoms with van der Waals surface area (Å²) in [7, 11) is 3.40. The van der Waals surface area contributed by atoms with Crippen LogP contribution in [-0.2, 0) is 9.53 Å². The van der Waals surface area contributed by atoms with Gasteiger partial charge in [0.15, 0.2) is 0 Å². The fourth-order valence-electron chi connectivity index (χ4n) is 3.76. The molecule has 1 aromatic carbocycles. The van der Waals surface area contributed by atoms with Gasteiger partial charge in [-0.25, -0.2) is 0 Å². The number of aromatic nitrogens is 1. The highest BCUT2D eigenvalue weighted by Gasteiger charge is 2.34. The fourth-order valence-corrected chi connectivity index (χ4v) is 3.76. The lowest BCUT2D eigenvalue weighted by Gasteiger charge is -2.31. The number of ether oxygens (including phenoxy) is 1. The quantitative estimate of drug-likeness (QED) is 0.814. The molecule has 1 saturated heterocycles. The summed E-state index contributed by atoms with van der Waals surface area (Å²) in [6.45, 7) is 4.90. The third kappa shape index (κ3) is 4.02. The van der Waals surface area contributed by atoms with Crippen LogP contribution in [0.4, 0.5) is 0 Å². The first-order valence-corrected chi connectivity index (χ1v) is 9.80. The summed E-state index contributed by atoms with van der Waals surface area (Å²) >= 11 is 0. The van der Waals surface area contributed by atoms with Gasteiger partial charge in [0.05, 0.1) is 0 Å². The van der Waals surface area contributed by atoms with Crippen molar-refractivity contribution in [1.82, 2.24) is 14.8 Å². The van der Waals surface area contributed by atoms with E-state index in [1.807, 2.05) is 42.3 Å². The van der Waals surface area contributed by atoms with Crippen molar-refractivity contribution in [3.05, 3.63) is 42.2 Å². The van der Waals surface area contributed by atoms with Gasteiger partial charge in [-0.05, 0) is 44.6 Å². The van der Waals surface area contributed by atoms with Gasteiger partial charge in [-0.15, -0.1) is 0 Å². The van der Waals surface area contributed by atoms with Gasteiger partial charge in [-0.2, -0.15) is 0 Å². The molecule has 1 aliphatic heterocycles. The summed E-state index contributed by atoms with van der Waals surface area (Å²) in [6.07, 6.45) is 4.16. The van der Waals surface area contributed by atoms with Crippen LogP contribution in [0, 0.1) is 0 Å². The molecule has 0 N–H and O–H groups in total. The number of rotatable bonds is 4. The smallest absolute Gasteiger partial charge is 0.273 e. The SMILES string of the molecule is COC(C)(C)C(=O)N1CCC[C@H](N(C)C(=O)c2nccc3ccccc23)CC1. The second-order valence-electron chi connectivity index (χ2n) is 7.89. The number of nitrogens with zero attached hydrogens (tertiary/aromatic N) is 3. The van der Waals surface area contributed by atoms with Gasteiger partial charge < -0.3 is 14.5 Å². The van der Waals surface area contributed by atoms with Gasteiger partial charge in [0.1, 0.15) is 11.3 Å². The van der Waals surface area contributed by atoms with Crippen LogP contribution < -0.4 is 0 Å². The van der Waals surface area contributed by atoms with E-state index < -0.39 is 5.60 Å². The van der Waals surface area contributed by atoms with Crippen LogP contribution in [0.5, 0.6) is 0 Å². The molecule has 0 unspecified atom stereocenters. The average molecular weight is 383 g/mol. The Hall–Kier alpha value is -2.47. The Balaban J connectivity index is 1.73. The summed E-state index contributed by atoms with van der Waals surface area (Å²) < 4.78 is 5.34. The first-order valence-electron chi connectivity index (χ1n) is 9.80. The second-order valence-corrected chi connectivity index (χ2v) is 7.89. The zero-order valence-electron chi connectivity index (χ0n) is 17.1. The Labute approximate surface area is 166 Å². The number of hydrogen-bond acceptors (Lipinski definition) is 4. The van der Waals surface area contributed by atoms with Crippen LogP contribution >= 0.6 is 0 Å². The lowest BCUT2D eigenvalue weighted by Crippen LogP contribution is -2.47. The fraction of sp³-hybridized carbons (Fsp3) is 0.500. The minimum Gasteiger partial charge on any atom is -0.369 e. The predicted molar refractivity (Wildman–Crippen MR) is 109 cm³/mol. The lowest BCUT2D eigenvalue weighted by molar-refractivity contribution is -0.150. The Morgan fingerprint density at radius 1 is 1.18 bits per heavy atom. The van der Waals surface area contributed by atoms with Crippen LogP contribution in [-0.4, -0.2) is 65.5 Å². The lowest BCUT2D eigenvalue weighted by atomic mass is 10.1. The number of carbonyl (C=O) groups is 2. The Morgan fingerprint density at radius 2 is 1.93 bits per heavy atom. The van der Waals surface area contributed by atoms with E-state index in [-0.39, 0.29) is 17.9 Å². The van der Waals surface area contributed by atoms with Crippen molar-refractivity contribution >= 4 is 22.6 Å². The topological polar surface area (TPSA) is 62.7 Å². The van der Waals surface area contributed by atoms with Crippen molar-refractivity contribution in [2.75, 3.05) is 27.2 Å². The van der Waals surface area contributed by atoms with Gasteiger partial charge in [-0.1, -0.05) is 24.3 Å². The van der Waals surface area contributed by atoms with Crippen LogP contribution in [0.3, 0.4) is 0 Å². The molecule has 6 nitrogen and oxygen atoms in total. The molecule has 150 valence electrons. The van der Waals surface area contributed by atoms with Crippen LogP contribution in [0.1, 0.15) is 43.6 Å². The molecule has 1 fully saturated rings. The van der Waals surface area contributed by atoms with Crippen molar-refractivity contribution in [2.45, 2.75) is 44.8 Å². The third-order valence-electron chi connectivity index (χ3n) is 5.75. The maximum atomic E-state index is 13.2. The summed E-state index contributed by atoms with van der Waals surface area (Å²) in [5, 5.41) is 1.88. The normalized spacial score (nSPS) is 18.0. The molecule has 2 heterocycles. The number of pyridine rings is 1. The van der Waals surface area contributed by atoms with E-state index in [1.165, 1.54) is 0 Å². The molecular weight excluding hydrogens is 354 g/mol. The highest BCUT2D eigenvalue weighted by molar-refractivity contribution is 6.05. The number of amides is 2. The number of fused-ring (bicyclic) bond motifs is 1. The van der Waals surface area contributed by atoms with Crippen molar-refractivity contribution in [2.24, 2.45) is 0 Å². The summed E-state index contributed by atoms with van der Waals surface area (Å²) in [5.74, 6) is -0.0702. The predicted octanol–water partition coefficient (Wildman–Crippen LogP) is 3.11. The number of methoxy groups -OCH3 is 1. The third-order valence-corrected chi connectivity index (χ3v) is 5.75. The van der Waals surface area contributed by atoms with Crippen molar-refractivity contribution < 1.29 is 14.3 Å². The molecule has 1 aromatic heterocycles. The minimum atomic E-state index is -0.825. The number of carbonyl (C=O) groups excluding carboxylic acids is 2. The average Bonchev–Trinajstić information content (AvgIpc) is 2.97. The first kappa shape index (κ1) is 20.3. The molecule has 28 heavy (non-hydrogen) atoms. The van der Waals surface area contributed by atoms with Gasteiger partial charge >= 0.3 is 0 Å². The molecule has 6 heteroatoms. The van der Waals surface area contributed by atoms with Gasteiger partial charge in [-0.3, -0.25) is 14.6 Å². The van der Waals surface area contributed by atoms with Crippen LogP contribution in [0.15, 0.2) is 36.5 Å². The molecule has 0 saturated carbocycles.